The Morgan fingerprint density at radius 3 is 2.91 bits per heavy atom. The predicted molar refractivity (Wildman–Crippen MR) is 85.4 cm³/mol. The summed E-state index contributed by atoms with van der Waals surface area (Å²) < 4.78 is 5.47. The lowest BCUT2D eigenvalue weighted by molar-refractivity contribution is -0.386. The van der Waals surface area contributed by atoms with Crippen molar-refractivity contribution >= 4 is 46.1 Å². The van der Waals surface area contributed by atoms with Crippen LogP contribution in [-0.4, -0.2) is 43.8 Å². The molecule has 1 heterocycles. The van der Waals surface area contributed by atoms with Crippen LogP contribution in [0.3, 0.4) is 0 Å². The van der Waals surface area contributed by atoms with Crippen LogP contribution in [-0.2, 0) is 4.79 Å². The Morgan fingerprint density at radius 1 is 1.64 bits per heavy atom. The standard InChI is InChI=1S/C12H11N3O5S2/c1-2-20-9-4-7(3-8(11(9)17)15(18)19)5-13-14-10(16)6-22-12(14)21/h3-5,17H,2,6H2,1H3/b13-5-. The number of nitrogens with zero attached hydrogens (tertiary/aromatic N) is 3. The molecule has 1 amide bonds. The van der Waals surface area contributed by atoms with E-state index in [-0.39, 0.29) is 24.0 Å². The fraction of sp³-hybridized carbons (Fsp3) is 0.250. The van der Waals surface area contributed by atoms with Crippen molar-refractivity contribution in [2.75, 3.05) is 12.4 Å². The van der Waals surface area contributed by atoms with E-state index in [2.05, 4.69) is 5.10 Å². The number of amides is 1. The number of benzene rings is 1. The van der Waals surface area contributed by atoms with Crippen LogP contribution in [0.5, 0.6) is 11.5 Å². The van der Waals surface area contributed by atoms with E-state index in [1.165, 1.54) is 24.0 Å². The summed E-state index contributed by atoms with van der Waals surface area (Å²) in [7, 11) is 0. The zero-order chi connectivity index (χ0) is 16.3. The summed E-state index contributed by atoms with van der Waals surface area (Å²) in [5.74, 6) is -0.615. The number of nitro groups is 1. The molecule has 10 heteroatoms. The number of thioether (sulfide) groups is 1. The number of carbonyl (C=O) groups excluding carboxylic acids is 1. The van der Waals surface area contributed by atoms with Gasteiger partial charge in [-0.2, -0.15) is 10.1 Å². The number of thiocarbonyl (C=S) groups is 1. The smallest absolute Gasteiger partial charge is 0.315 e. The number of hydrogen-bond acceptors (Lipinski definition) is 8. The van der Waals surface area contributed by atoms with Gasteiger partial charge in [0.2, 0.25) is 5.75 Å². The second-order valence-electron chi connectivity index (χ2n) is 4.08. The molecule has 0 saturated carbocycles. The fourth-order valence-electron chi connectivity index (χ4n) is 1.68. The van der Waals surface area contributed by atoms with Crippen molar-refractivity contribution in [3.8, 4) is 11.5 Å². The van der Waals surface area contributed by atoms with Gasteiger partial charge in [-0.1, -0.05) is 24.0 Å². The van der Waals surface area contributed by atoms with E-state index >= 15 is 0 Å². The summed E-state index contributed by atoms with van der Waals surface area (Å²) in [5, 5.41) is 25.7. The molecule has 0 bridgehead atoms. The van der Waals surface area contributed by atoms with Crippen LogP contribution in [0.25, 0.3) is 0 Å². The SMILES string of the molecule is CCOc1cc(/C=N\N2C(=O)CSC2=S)cc([N+](=O)[O-])c1O. The summed E-state index contributed by atoms with van der Waals surface area (Å²) in [6.07, 6.45) is 1.25. The van der Waals surface area contributed by atoms with Gasteiger partial charge in [0.05, 0.1) is 23.5 Å². The Morgan fingerprint density at radius 2 is 2.36 bits per heavy atom. The summed E-state index contributed by atoms with van der Waals surface area (Å²) in [6.45, 7) is 1.92. The van der Waals surface area contributed by atoms with E-state index in [0.29, 0.717) is 9.88 Å². The highest BCUT2D eigenvalue weighted by Gasteiger charge is 2.26. The van der Waals surface area contributed by atoms with Crippen molar-refractivity contribution in [1.82, 2.24) is 5.01 Å². The monoisotopic (exact) mass is 341 g/mol. The van der Waals surface area contributed by atoms with E-state index in [0.717, 1.165) is 11.1 Å². The van der Waals surface area contributed by atoms with Gasteiger partial charge in [0.25, 0.3) is 5.91 Å². The van der Waals surface area contributed by atoms with E-state index in [1.807, 2.05) is 0 Å². The van der Waals surface area contributed by atoms with Crippen LogP contribution in [0.2, 0.25) is 0 Å². The number of phenolic OH excluding ortho intramolecular Hbond substituents is 1. The maximum atomic E-state index is 11.5. The first-order valence-corrected chi connectivity index (χ1v) is 7.51. The minimum Gasteiger partial charge on any atom is -0.500 e. The Kier molecular flexibility index (Phi) is 4.93. The average molecular weight is 341 g/mol. The van der Waals surface area contributed by atoms with Gasteiger partial charge in [-0.25, -0.2) is 0 Å². The molecule has 1 aromatic rings. The highest BCUT2D eigenvalue weighted by molar-refractivity contribution is 8.23. The Bertz CT molecular complexity index is 661. The number of nitro benzene ring substituents is 1. The average Bonchev–Trinajstić information content (AvgIpc) is 2.78. The van der Waals surface area contributed by atoms with Gasteiger partial charge in [-0.3, -0.25) is 14.9 Å². The van der Waals surface area contributed by atoms with Gasteiger partial charge in [-0.05, 0) is 13.0 Å². The number of hydrogen-bond donors (Lipinski definition) is 1. The third kappa shape index (κ3) is 3.34. The van der Waals surface area contributed by atoms with Gasteiger partial charge in [0, 0.05) is 11.6 Å². The largest absolute Gasteiger partial charge is 0.500 e. The molecular weight excluding hydrogens is 330 g/mol. The number of aromatic hydroxyl groups is 1. The van der Waals surface area contributed by atoms with Gasteiger partial charge in [0.1, 0.15) is 0 Å². The van der Waals surface area contributed by atoms with Crippen LogP contribution in [0, 0.1) is 10.1 Å². The number of phenols is 1. The predicted octanol–water partition coefficient (Wildman–Crippen LogP) is 1.89. The van der Waals surface area contributed by atoms with Crippen molar-refractivity contribution in [2.45, 2.75) is 6.92 Å². The number of rotatable bonds is 5. The molecule has 8 nitrogen and oxygen atoms in total. The lowest BCUT2D eigenvalue weighted by atomic mass is 10.2. The molecule has 1 aliphatic heterocycles. The second kappa shape index (κ2) is 6.71. The molecule has 1 fully saturated rings. The second-order valence-corrected chi connectivity index (χ2v) is 5.69. The Balaban J connectivity index is 2.36. The van der Waals surface area contributed by atoms with Crippen LogP contribution in [0.15, 0.2) is 17.2 Å². The molecule has 1 saturated heterocycles. The molecule has 0 aliphatic carbocycles. The first-order valence-electron chi connectivity index (χ1n) is 6.12. The van der Waals surface area contributed by atoms with E-state index in [4.69, 9.17) is 17.0 Å². The first kappa shape index (κ1) is 16.2. The third-order valence-corrected chi connectivity index (χ3v) is 3.96. The molecular formula is C12H11N3O5S2. The molecule has 0 radical (unpaired) electrons. The summed E-state index contributed by atoms with van der Waals surface area (Å²) in [5.41, 5.74) is -0.197. The summed E-state index contributed by atoms with van der Waals surface area (Å²) in [6, 6.07) is 2.53. The molecule has 0 aromatic heterocycles. The van der Waals surface area contributed by atoms with Crippen LogP contribution in [0.1, 0.15) is 12.5 Å². The maximum absolute atomic E-state index is 11.5. The third-order valence-electron chi connectivity index (χ3n) is 2.62. The number of ether oxygens (including phenoxy) is 1. The molecule has 0 unspecified atom stereocenters. The molecule has 1 N–H and O–H groups in total. The Labute approximate surface area is 134 Å². The molecule has 2 rings (SSSR count). The van der Waals surface area contributed by atoms with Crippen molar-refractivity contribution < 1.29 is 19.6 Å². The zero-order valence-corrected chi connectivity index (χ0v) is 13.0. The van der Waals surface area contributed by atoms with Gasteiger partial charge >= 0.3 is 5.69 Å². The molecule has 1 aromatic carbocycles. The molecule has 116 valence electrons. The van der Waals surface area contributed by atoms with Crippen LogP contribution < -0.4 is 4.74 Å². The lowest BCUT2D eigenvalue weighted by Crippen LogP contribution is -2.22. The van der Waals surface area contributed by atoms with E-state index in [1.54, 1.807) is 6.92 Å². The van der Waals surface area contributed by atoms with Gasteiger partial charge < -0.3 is 9.84 Å². The first-order chi connectivity index (χ1) is 10.4. The highest BCUT2D eigenvalue weighted by atomic mass is 32.2. The zero-order valence-electron chi connectivity index (χ0n) is 11.4. The fourth-order valence-corrected chi connectivity index (χ4v) is 2.64. The van der Waals surface area contributed by atoms with E-state index < -0.39 is 16.4 Å². The van der Waals surface area contributed by atoms with Gasteiger partial charge in [0.15, 0.2) is 10.1 Å². The Hall–Kier alpha value is -2.20. The maximum Gasteiger partial charge on any atom is 0.315 e. The number of hydrazone groups is 1. The van der Waals surface area contributed by atoms with Gasteiger partial charge in [-0.15, -0.1) is 0 Å². The lowest BCUT2D eigenvalue weighted by Gasteiger charge is -2.08. The minimum atomic E-state index is -0.726. The topological polar surface area (TPSA) is 105 Å². The molecule has 22 heavy (non-hydrogen) atoms. The minimum absolute atomic E-state index is 0.0251. The van der Waals surface area contributed by atoms with Crippen molar-refractivity contribution in [2.24, 2.45) is 5.10 Å². The molecule has 0 atom stereocenters. The number of carbonyl (C=O) groups is 1. The normalized spacial score (nSPS) is 14.9. The van der Waals surface area contributed by atoms with Crippen molar-refractivity contribution in [1.29, 1.82) is 0 Å². The van der Waals surface area contributed by atoms with E-state index in [9.17, 15) is 20.0 Å². The summed E-state index contributed by atoms with van der Waals surface area (Å²) >= 11 is 6.16. The van der Waals surface area contributed by atoms with Crippen LogP contribution in [0.4, 0.5) is 5.69 Å². The van der Waals surface area contributed by atoms with Crippen molar-refractivity contribution in [3.63, 3.8) is 0 Å². The van der Waals surface area contributed by atoms with Crippen LogP contribution >= 0.6 is 24.0 Å². The quantitative estimate of drug-likeness (QED) is 0.377. The molecule has 1 aliphatic rings. The van der Waals surface area contributed by atoms with Crippen molar-refractivity contribution in [3.05, 3.63) is 27.8 Å². The highest BCUT2D eigenvalue weighted by Crippen LogP contribution is 2.36. The summed E-state index contributed by atoms with van der Waals surface area (Å²) in [4.78, 5) is 21.8. The molecule has 0 spiro atoms.